The van der Waals surface area contributed by atoms with Gasteiger partial charge in [0.2, 0.25) is 0 Å². The molecule has 0 fully saturated rings. The summed E-state index contributed by atoms with van der Waals surface area (Å²) in [6, 6.07) is 5.38. The molecule has 0 saturated carbocycles. The third-order valence-electron chi connectivity index (χ3n) is 2.97. The molecule has 0 unspecified atom stereocenters. The first-order valence-corrected chi connectivity index (χ1v) is 7.59. The molecule has 1 aromatic heterocycles. The predicted molar refractivity (Wildman–Crippen MR) is 76.1 cm³/mol. The molecule has 0 atom stereocenters. The Bertz CT molecular complexity index is 608. The standard InChI is InChI=1S/C14H16F3N3S/c1-3-7-20-10(2)18-19-13(20)21-9-11-5-4-6-12(8-11)14(15,16)17/h4-6,8H,3,7,9H2,1-2H3. The Morgan fingerprint density at radius 3 is 2.67 bits per heavy atom. The van der Waals surface area contributed by atoms with Crippen LogP contribution in [0.25, 0.3) is 0 Å². The van der Waals surface area contributed by atoms with Crippen LogP contribution in [0.4, 0.5) is 13.2 Å². The molecule has 0 spiro atoms. The van der Waals surface area contributed by atoms with Crippen LogP contribution in [-0.2, 0) is 18.5 Å². The number of aryl methyl sites for hydroxylation is 1. The third kappa shape index (κ3) is 4.00. The van der Waals surface area contributed by atoms with Gasteiger partial charge in [-0.3, -0.25) is 0 Å². The van der Waals surface area contributed by atoms with Crippen LogP contribution in [-0.4, -0.2) is 14.8 Å². The minimum atomic E-state index is -4.31. The second-order valence-corrected chi connectivity index (χ2v) is 5.61. The van der Waals surface area contributed by atoms with E-state index in [1.165, 1.54) is 23.9 Å². The van der Waals surface area contributed by atoms with Crippen LogP contribution in [0.1, 0.15) is 30.3 Å². The fraction of sp³-hybridized carbons (Fsp3) is 0.429. The fourth-order valence-electron chi connectivity index (χ4n) is 1.93. The summed E-state index contributed by atoms with van der Waals surface area (Å²) in [4.78, 5) is 0. The lowest BCUT2D eigenvalue weighted by Gasteiger charge is -2.09. The van der Waals surface area contributed by atoms with Gasteiger partial charge in [-0.25, -0.2) is 0 Å². The van der Waals surface area contributed by atoms with Gasteiger partial charge in [-0.15, -0.1) is 10.2 Å². The molecule has 0 radical (unpaired) electrons. The Morgan fingerprint density at radius 1 is 1.24 bits per heavy atom. The molecule has 1 heterocycles. The van der Waals surface area contributed by atoms with Crippen LogP contribution in [0, 0.1) is 6.92 Å². The lowest BCUT2D eigenvalue weighted by Crippen LogP contribution is -2.05. The van der Waals surface area contributed by atoms with E-state index in [-0.39, 0.29) is 0 Å². The molecule has 7 heteroatoms. The topological polar surface area (TPSA) is 30.7 Å². The summed E-state index contributed by atoms with van der Waals surface area (Å²) < 4.78 is 40.0. The molecule has 0 aliphatic carbocycles. The molecule has 0 N–H and O–H groups in total. The van der Waals surface area contributed by atoms with Crippen LogP contribution in [0.3, 0.4) is 0 Å². The molecule has 0 amide bonds. The number of hydrogen-bond acceptors (Lipinski definition) is 3. The molecule has 21 heavy (non-hydrogen) atoms. The van der Waals surface area contributed by atoms with Crippen LogP contribution >= 0.6 is 11.8 Å². The van der Waals surface area contributed by atoms with Crippen molar-refractivity contribution in [2.45, 2.75) is 43.9 Å². The first kappa shape index (κ1) is 15.9. The number of hydrogen-bond donors (Lipinski definition) is 0. The number of halogens is 3. The van der Waals surface area contributed by atoms with Gasteiger partial charge in [0.25, 0.3) is 0 Å². The van der Waals surface area contributed by atoms with Gasteiger partial charge in [0.15, 0.2) is 5.16 Å². The van der Waals surface area contributed by atoms with Crippen LogP contribution in [0.5, 0.6) is 0 Å². The molecule has 2 aromatic rings. The van der Waals surface area contributed by atoms with E-state index in [0.717, 1.165) is 30.0 Å². The molecule has 0 aliphatic rings. The van der Waals surface area contributed by atoms with E-state index in [9.17, 15) is 13.2 Å². The molecule has 114 valence electrons. The molecule has 1 aromatic carbocycles. The van der Waals surface area contributed by atoms with Crippen molar-refractivity contribution >= 4 is 11.8 Å². The van der Waals surface area contributed by atoms with Crippen molar-refractivity contribution in [2.24, 2.45) is 0 Å². The van der Waals surface area contributed by atoms with Crippen molar-refractivity contribution in [3.8, 4) is 0 Å². The van der Waals surface area contributed by atoms with E-state index in [4.69, 9.17) is 0 Å². The van der Waals surface area contributed by atoms with E-state index in [1.54, 1.807) is 6.07 Å². The average molecular weight is 315 g/mol. The van der Waals surface area contributed by atoms with Gasteiger partial charge in [0.1, 0.15) is 5.82 Å². The summed E-state index contributed by atoms with van der Waals surface area (Å²) >= 11 is 1.40. The quantitative estimate of drug-likeness (QED) is 0.770. The van der Waals surface area contributed by atoms with Gasteiger partial charge in [-0.2, -0.15) is 13.2 Å². The summed E-state index contributed by atoms with van der Waals surface area (Å²) in [7, 11) is 0. The highest BCUT2D eigenvalue weighted by molar-refractivity contribution is 7.98. The van der Waals surface area contributed by atoms with E-state index in [0.29, 0.717) is 11.3 Å². The minimum Gasteiger partial charge on any atom is -0.306 e. The summed E-state index contributed by atoms with van der Waals surface area (Å²) in [6.07, 6.45) is -3.35. The summed E-state index contributed by atoms with van der Waals surface area (Å²) in [5, 5.41) is 8.83. The first-order valence-electron chi connectivity index (χ1n) is 6.60. The highest BCUT2D eigenvalue weighted by Gasteiger charge is 2.30. The van der Waals surface area contributed by atoms with Gasteiger partial charge in [0.05, 0.1) is 5.56 Å². The van der Waals surface area contributed by atoms with Gasteiger partial charge >= 0.3 is 6.18 Å². The molecular formula is C14H16F3N3S. The predicted octanol–water partition coefficient (Wildman–Crippen LogP) is 4.31. The van der Waals surface area contributed by atoms with Gasteiger partial charge in [-0.1, -0.05) is 36.9 Å². The summed E-state index contributed by atoms with van der Waals surface area (Å²) in [5.41, 5.74) is 0.00494. The smallest absolute Gasteiger partial charge is 0.306 e. The Labute approximate surface area is 125 Å². The third-order valence-corrected chi connectivity index (χ3v) is 4.01. The summed E-state index contributed by atoms with van der Waals surface area (Å²) in [6.45, 7) is 4.74. The lowest BCUT2D eigenvalue weighted by molar-refractivity contribution is -0.137. The lowest BCUT2D eigenvalue weighted by atomic mass is 10.1. The average Bonchev–Trinajstić information content (AvgIpc) is 2.78. The van der Waals surface area contributed by atoms with Crippen molar-refractivity contribution in [1.29, 1.82) is 0 Å². The van der Waals surface area contributed by atoms with Crippen molar-refractivity contribution in [3.05, 3.63) is 41.2 Å². The van der Waals surface area contributed by atoms with Crippen LogP contribution < -0.4 is 0 Å². The van der Waals surface area contributed by atoms with Crippen molar-refractivity contribution < 1.29 is 13.2 Å². The molecule has 0 bridgehead atoms. The SMILES string of the molecule is CCCn1c(C)nnc1SCc1cccc(C(F)(F)F)c1. The van der Waals surface area contributed by atoms with E-state index < -0.39 is 11.7 Å². The first-order chi connectivity index (χ1) is 9.91. The molecular weight excluding hydrogens is 299 g/mol. The van der Waals surface area contributed by atoms with Crippen molar-refractivity contribution in [3.63, 3.8) is 0 Å². The highest BCUT2D eigenvalue weighted by Crippen LogP contribution is 2.31. The number of alkyl halides is 3. The Morgan fingerprint density at radius 2 is 2.00 bits per heavy atom. The number of thioether (sulfide) groups is 1. The van der Waals surface area contributed by atoms with Gasteiger partial charge in [-0.05, 0) is 25.0 Å². The zero-order chi connectivity index (χ0) is 15.5. The second-order valence-electron chi connectivity index (χ2n) is 4.67. The van der Waals surface area contributed by atoms with Crippen LogP contribution in [0.15, 0.2) is 29.4 Å². The zero-order valence-corrected chi connectivity index (χ0v) is 12.6. The van der Waals surface area contributed by atoms with Gasteiger partial charge < -0.3 is 4.57 Å². The number of aromatic nitrogens is 3. The Kier molecular flexibility index (Phi) is 4.92. The van der Waals surface area contributed by atoms with E-state index in [2.05, 4.69) is 17.1 Å². The maximum atomic E-state index is 12.7. The number of nitrogens with zero attached hydrogens (tertiary/aromatic N) is 3. The maximum Gasteiger partial charge on any atom is 0.416 e. The van der Waals surface area contributed by atoms with Crippen molar-refractivity contribution in [1.82, 2.24) is 14.8 Å². The number of benzene rings is 1. The summed E-state index contributed by atoms with van der Waals surface area (Å²) in [5.74, 6) is 1.26. The molecule has 3 nitrogen and oxygen atoms in total. The maximum absolute atomic E-state index is 12.7. The van der Waals surface area contributed by atoms with Gasteiger partial charge in [0, 0.05) is 12.3 Å². The van der Waals surface area contributed by atoms with E-state index >= 15 is 0 Å². The van der Waals surface area contributed by atoms with Crippen molar-refractivity contribution in [2.75, 3.05) is 0 Å². The monoisotopic (exact) mass is 315 g/mol. The number of rotatable bonds is 5. The minimum absolute atomic E-state index is 0.436. The zero-order valence-electron chi connectivity index (χ0n) is 11.8. The van der Waals surface area contributed by atoms with E-state index in [1.807, 2.05) is 11.5 Å². The molecule has 0 aliphatic heterocycles. The fourth-order valence-corrected chi connectivity index (χ4v) is 2.89. The largest absolute Gasteiger partial charge is 0.416 e. The second kappa shape index (κ2) is 6.51. The highest BCUT2D eigenvalue weighted by atomic mass is 32.2. The van der Waals surface area contributed by atoms with Crippen LogP contribution in [0.2, 0.25) is 0 Å². The molecule has 2 rings (SSSR count). The normalized spacial score (nSPS) is 11.9. The Balaban J connectivity index is 2.10. The molecule has 0 saturated heterocycles. The Hall–Kier alpha value is -1.50.